The first-order chi connectivity index (χ1) is 18.3. The van der Waals surface area contributed by atoms with Crippen molar-refractivity contribution in [2.45, 2.75) is 95.3 Å². The van der Waals surface area contributed by atoms with Gasteiger partial charge in [-0.15, -0.1) is 0 Å². The molecule has 216 valence electrons. The summed E-state index contributed by atoms with van der Waals surface area (Å²) in [5, 5.41) is 10.6. The van der Waals surface area contributed by atoms with E-state index in [0.29, 0.717) is 18.8 Å². The van der Waals surface area contributed by atoms with E-state index in [0.717, 1.165) is 18.4 Å². The Morgan fingerprint density at radius 3 is 2.51 bits per heavy atom. The molecule has 1 saturated carbocycles. The van der Waals surface area contributed by atoms with E-state index in [1.165, 1.54) is 15.4 Å². The SMILES string of the molecule is CO[C@@H]1[C@H](N(C(=O)O)C(c2ccc(N3CC(F)(F)C3)nc2)C(C)C)CC[C@]2(CO2)[C@H]1[C@@]1(C)O[C@@H]1CC=C(C)C. The molecule has 0 bridgehead atoms. The molecule has 4 fully saturated rings. The van der Waals surface area contributed by atoms with Gasteiger partial charge in [0.2, 0.25) is 0 Å². The number of carboxylic acid groups (broad SMARTS) is 1. The van der Waals surface area contributed by atoms with E-state index in [4.69, 9.17) is 14.2 Å². The summed E-state index contributed by atoms with van der Waals surface area (Å²) < 4.78 is 45.3. The monoisotopic (exact) mass is 549 g/mol. The van der Waals surface area contributed by atoms with Crippen molar-refractivity contribution in [3.63, 3.8) is 0 Å². The lowest BCUT2D eigenvalue weighted by molar-refractivity contribution is -0.102. The van der Waals surface area contributed by atoms with Gasteiger partial charge in [-0.05, 0) is 57.6 Å². The van der Waals surface area contributed by atoms with Crippen molar-refractivity contribution in [1.29, 1.82) is 0 Å². The lowest BCUT2D eigenvalue weighted by atomic mass is 9.67. The second-order valence-corrected chi connectivity index (χ2v) is 12.5. The van der Waals surface area contributed by atoms with Gasteiger partial charge in [-0.2, -0.15) is 0 Å². The highest BCUT2D eigenvalue weighted by Crippen LogP contribution is 2.60. The third-order valence-electron chi connectivity index (χ3n) is 9.05. The van der Waals surface area contributed by atoms with Crippen LogP contribution in [0.1, 0.15) is 65.5 Å². The van der Waals surface area contributed by atoms with Crippen LogP contribution in [0.25, 0.3) is 0 Å². The molecule has 0 radical (unpaired) electrons. The van der Waals surface area contributed by atoms with Crippen LogP contribution in [0.3, 0.4) is 0 Å². The van der Waals surface area contributed by atoms with Gasteiger partial charge in [0.1, 0.15) is 11.4 Å². The zero-order valence-electron chi connectivity index (χ0n) is 23.7. The van der Waals surface area contributed by atoms with Gasteiger partial charge in [0.15, 0.2) is 0 Å². The number of anilines is 1. The highest BCUT2D eigenvalue weighted by Gasteiger charge is 2.72. The molecule has 8 nitrogen and oxygen atoms in total. The van der Waals surface area contributed by atoms with E-state index < -0.39 is 35.8 Å². The molecule has 1 aromatic rings. The Balaban J connectivity index is 1.43. The topological polar surface area (TPSA) is 91.0 Å². The molecule has 1 unspecified atom stereocenters. The minimum Gasteiger partial charge on any atom is -0.465 e. The lowest BCUT2D eigenvalue weighted by Gasteiger charge is -2.49. The quantitative estimate of drug-likeness (QED) is 0.331. The van der Waals surface area contributed by atoms with Crippen molar-refractivity contribution < 1.29 is 32.9 Å². The Hall–Kier alpha value is -2.30. The summed E-state index contributed by atoms with van der Waals surface area (Å²) in [7, 11) is 1.65. The van der Waals surface area contributed by atoms with Crippen molar-refractivity contribution in [3.05, 3.63) is 35.5 Å². The minimum atomic E-state index is -2.69. The van der Waals surface area contributed by atoms with E-state index in [2.05, 4.69) is 31.8 Å². The predicted octanol–water partition coefficient (Wildman–Crippen LogP) is 5.29. The van der Waals surface area contributed by atoms with Crippen LogP contribution in [0, 0.1) is 11.8 Å². The van der Waals surface area contributed by atoms with Crippen LogP contribution in [0.15, 0.2) is 30.0 Å². The van der Waals surface area contributed by atoms with Crippen LogP contribution in [0.5, 0.6) is 0 Å². The normalized spacial score (nSPS) is 35.4. The molecule has 5 rings (SSSR count). The highest BCUT2D eigenvalue weighted by atomic mass is 19.3. The Bertz CT molecular complexity index is 1100. The van der Waals surface area contributed by atoms with Crippen LogP contribution in [-0.4, -0.2) is 83.3 Å². The van der Waals surface area contributed by atoms with Gasteiger partial charge >= 0.3 is 6.09 Å². The van der Waals surface area contributed by atoms with Gasteiger partial charge in [0.05, 0.1) is 49.6 Å². The van der Waals surface area contributed by atoms with E-state index >= 15 is 0 Å². The predicted molar refractivity (Wildman–Crippen MR) is 142 cm³/mol. The Morgan fingerprint density at radius 2 is 2.03 bits per heavy atom. The molecule has 4 heterocycles. The Labute approximate surface area is 229 Å². The average molecular weight is 550 g/mol. The molecule has 1 amide bonds. The number of methoxy groups -OCH3 is 1. The fourth-order valence-corrected chi connectivity index (χ4v) is 7.03. The fourth-order valence-electron chi connectivity index (χ4n) is 7.03. The van der Waals surface area contributed by atoms with Gasteiger partial charge < -0.3 is 24.2 Å². The van der Waals surface area contributed by atoms with Crippen molar-refractivity contribution in [1.82, 2.24) is 9.88 Å². The number of rotatable bonds is 9. The smallest absolute Gasteiger partial charge is 0.408 e. The summed E-state index contributed by atoms with van der Waals surface area (Å²) in [5.74, 6) is -2.41. The van der Waals surface area contributed by atoms with E-state index in [-0.39, 0.29) is 36.6 Å². The number of aromatic nitrogens is 1. The molecular formula is C29H41F2N3O5. The summed E-state index contributed by atoms with van der Waals surface area (Å²) >= 11 is 0. The molecule has 1 aliphatic carbocycles. The number of pyridine rings is 1. The zero-order chi connectivity index (χ0) is 28.3. The van der Waals surface area contributed by atoms with Crippen LogP contribution in [-0.2, 0) is 14.2 Å². The molecule has 3 aliphatic heterocycles. The standard InChI is InChI=1S/C29H41F2N3O5/c1-17(2)7-9-21-27(5,39-21)25-24(37-6)20(11-12-28(25)16-38-28)34(26(35)36)23(18(3)4)19-8-10-22(32-13-19)33-14-29(30,31)15-33/h7-8,10,13,18,20-21,23-25H,9,11-12,14-16H2,1-6H3,(H,35,36)/t20-,21-,23?,24-,25-,27+,28+/m1/s1. The molecule has 1 spiro atoms. The second kappa shape index (κ2) is 9.96. The largest absolute Gasteiger partial charge is 0.465 e. The van der Waals surface area contributed by atoms with Crippen molar-refractivity contribution >= 4 is 11.9 Å². The maximum atomic E-state index is 13.4. The van der Waals surface area contributed by atoms with Crippen LogP contribution in [0.2, 0.25) is 0 Å². The number of hydrogen-bond donors (Lipinski definition) is 1. The number of carbonyl (C=O) groups is 1. The molecule has 39 heavy (non-hydrogen) atoms. The molecule has 7 atom stereocenters. The van der Waals surface area contributed by atoms with Gasteiger partial charge in [-0.25, -0.2) is 18.6 Å². The highest BCUT2D eigenvalue weighted by molar-refractivity contribution is 5.66. The molecule has 0 aromatic carbocycles. The summed E-state index contributed by atoms with van der Waals surface area (Å²) in [6.07, 6.45) is 4.51. The van der Waals surface area contributed by atoms with Crippen LogP contribution in [0.4, 0.5) is 19.4 Å². The van der Waals surface area contributed by atoms with Crippen LogP contribution < -0.4 is 4.90 Å². The third kappa shape index (κ3) is 5.15. The zero-order valence-corrected chi connectivity index (χ0v) is 23.7. The van der Waals surface area contributed by atoms with Gasteiger partial charge in [0.25, 0.3) is 5.92 Å². The van der Waals surface area contributed by atoms with E-state index in [1.54, 1.807) is 19.4 Å². The number of alkyl halides is 2. The average Bonchev–Trinajstić information content (AvgIpc) is 3.76. The fraction of sp³-hybridized carbons (Fsp3) is 0.724. The van der Waals surface area contributed by atoms with Crippen LogP contribution >= 0.6 is 0 Å². The maximum Gasteiger partial charge on any atom is 0.408 e. The van der Waals surface area contributed by atoms with Crippen molar-refractivity contribution in [2.24, 2.45) is 11.8 Å². The van der Waals surface area contributed by atoms with Gasteiger partial charge in [-0.1, -0.05) is 31.6 Å². The first-order valence-electron chi connectivity index (χ1n) is 13.9. The Kier molecular flexibility index (Phi) is 7.21. The maximum absolute atomic E-state index is 13.4. The van der Waals surface area contributed by atoms with Gasteiger partial charge in [-0.3, -0.25) is 4.90 Å². The first-order valence-corrected chi connectivity index (χ1v) is 13.9. The number of hydrogen-bond acceptors (Lipinski definition) is 6. The summed E-state index contributed by atoms with van der Waals surface area (Å²) in [4.78, 5) is 20.4. The van der Waals surface area contributed by atoms with E-state index in [9.17, 15) is 18.7 Å². The number of nitrogens with zero attached hydrogens (tertiary/aromatic N) is 3. The summed E-state index contributed by atoms with van der Waals surface area (Å²) in [5.41, 5.74) is 1.13. The lowest BCUT2D eigenvalue weighted by Crippen LogP contribution is -2.61. The minimum absolute atomic E-state index is 0.0275. The third-order valence-corrected chi connectivity index (χ3v) is 9.05. The van der Waals surface area contributed by atoms with Gasteiger partial charge in [0, 0.05) is 19.2 Å². The number of epoxide rings is 2. The second-order valence-electron chi connectivity index (χ2n) is 12.5. The van der Waals surface area contributed by atoms with Crippen molar-refractivity contribution in [3.8, 4) is 0 Å². The molecule has 4 aliphatic rings. The molecule has 1 aromatic heterocycles. The van der Waals surface area contributed by atoms with Crippen molar-refractivity contribution in [2.75, 3.05) is 31.7 Å². The molecule has 10 heteroatoms. The number of ether oxygens (including phenoxy) is 3. The Morgan fingerprint density at radius 1 is 1.33 bits per heavy atom. The number of allylic oxidation sites excluding steroid dienone is 1. The molecule has 1 N–H and O–H groups in total. The number of amides is 1. The molecule has 3 saturated heterocycles. The van der Waals surface area contributed by atoms with E-state index in [1.807, 2.05) is 19.9 Å². The molecular weight excluding hydrogens is 508 g/mol. The first kappa shape index (κ1) is 28.2. The summed E-state index contributed by atoms with van der Waals surface area (Å²) in [6, 6.07) is 2.61. The number of halogens is 2. The summed E-state index contributed by atoms with van der Waals surface area (Å²) in [6.45, 7) is 10.1.